The SMILES string of the molecule is O=C(O)C1CCCN1N=Cc1cccc([N+](=O)[O-])c1. The second-order valence-corrected chi connectivity index (χ2v) is 4.26. The molecule has 19 heavy (non-hydrogen) atoms. The van der Waals surface area contributed by atoms with Gasteiger partial charge in [0.15, 0.2) is 0 Å². The number of nitro benzene ring substituents is 1. The van der Waals surface area contributed by atoms with E-state index in [0.29, 0.717) is 18.5 Å². The zero-order valence-corrected chi connectivity index (χ0v) is 10.1. The predicted octanol–water partition coefficient (Wildman–Crippen LogP) is 1.48. The van der Waals surface area contributed by atoms with Crippen molar-refractivity contribution < 1.29 is 14.8 Å². The highest BCUT2D eigenvalue weighted by molar-refractivity contribution is 5.81. The first-order valence-electron chi connectivity index (χ1n) is 5.86. The Labute approximate surface area is 109 Å². The molecule has 0 spiro atoms. The van der Waals surface area contributed by atoms with Crippen LogP contribution in [-0.2, 0) is 4.79 Å². The largest absolute Gasteiger partial charge is 0.480 e. The summed E-state index contributed by atoms with van der Waals surface area (Å²) in [6.45, 7) is 0.586. The molecular formula is C12H13N3O4. The molecule has 1 aromatic rings. The summed E-state index contributed by atoms with van der Waals surface area (Å²) in [4.78, 5) is 21.1. The van der Waals surface area contributed by atoms with Crippen LogP contribution in [0.4, 0.5) is 5.69 Å². The Morgan fingerprint density at radius 2 is 2.37 bits per heavy atom. The van der Waals surface area contributed by atoms with Crippen molar-refractivity contribution >= 4 is 17.9 Å². The fourth-order valence-electron chi connectivity index (χ4n) is 2.00. The summed E-state index contributed by atoms with van der Waals surface area (Å²) >= 11 is 0. The Balaban J connectivity index is 2.12. The van der Waals surface area contributed by atoms with Crippen LogP contribution in [0.15, 0.2) is 29.4 Å². The molecule has 1 saturated heterocycles. The number of carbonyl (C=O) groups is 1. The monoisotopic (exact) mass is 263 g/mol. The van der Waals surface area contributed by atoms with Crippen molar-refractivity contribution in [3.8, 4) is 0 Å². The maximum absolute atomic E-state index is 11.0. The van der Waals surface area contributed by atoms with E-state index in [0.717, 1.165) is 6.42 Å². The summed E-state index contributed by atoms with van der Waals surface area (Å²) in [7, 11) is 0. The minimum Gasteiger partial charge on any atom is -0.480 e. The van der Waals surface area contributed by atoms with Crippen molar-refractivity contribution in [2.45, 2.75) is 18.9 Å². The van der Waals surface area contributed by atoms with E-state index >= 15 is 0 Å². The van der Waals surface area contributed by atoms with Gasteiger partial charge >= 0.3 is 5.97 Å². The van der Waals surface area contributed by atoms with Crippen LogP contribution in [0.3, 0.4) is 0 Å². The van der Waals surface area contributed by atoms with Crippen molar-refractivity contribution in [2.75, 3.05) is 6.54 Å². The third-order valence-corrected chi connectivity index (χ3v) is 2.95. The minimum absolute atomic E-state index is 0.0137. The third kappa shape index (κ3) is 3.06. The second kappa shape index (κ2) is 5.47. The summed E-state index contributed by atoms with van der Waals surface area (Å²) in [6.07, 6.45) is 2.80. The van der Waals surface area contributed by atoms with Crippen molar-refractivity contribution in [3.05, 3.63) is 39.9 Å². The van der Waals surface area contributed by atoms with Crippen LogP contribution in [0, 0.1) is 10.1 Å². The summed E-state index contributed by atoms with van der Waals surface area (Å²) in [5, 5.41) is 25.2. The predicted molar refractivity (Wildman–Crippen MR) is 68.1 cm³/mol. The summed E-state index contributed by atoms with van der Waals surface area (Å²) in [5.41, 5.74) is 0.561. The standard InChI is InChI=1S/C12H13N3O4/c16-12(17)11-5-2-6-14(11)13-8-9-3-1-4-10(7-9)15(18)19/h1,3-4,7-8,11H,2,5-6H2,(H,16,17). The molecule has 2 rings (SSSR count). The van der Waals surface area contributed by atoms with Gasteiger partial charge in [0.2, 0.25) is 0 Å². The molecule has 0 aromatic heterocycles. The van der Waals surface area contributed by atoms with Crippen molar-refractivity contribution in [2.24, 2.45) is 5.10 Å². The number of aliphatic carboxylic acids is 1. The summed E-state index contributed by atoms with van der Waals surface area (Å²) < 4.78 is 0. The van der Waals surface area contributed by atoms with Crippen LogP contribution in [0.1, 0.15) is 18.4 Å². The van der Waals surface area contributed by atoms with E-state index in [9.17, 15) is 14.9 Å². The number of non-ortho nitro benzene ring substituents is 1. The van der Waals surface area contributed by atoms with Gasteiger partial charge < -0.3 is 5.11 Å². The molecule has 0 radical (unpaired) electrons. The number of carboxylic acid groups (broad SMARTS) is 1. The van der Waals surface area contributed by atoms with Gasteiger partial charge in [0.1, 0.15) is 6.04 Å². The molecule has 1 fully saturated rings. The second-order valence-electron chi connectivity index (χ2n) is 4.26. The van der Waals surface area contributed by atoms with Crippen molar-refractivity contribution in [1.82, 2.24) is 5.01 Å². The van der Waals surface area contributed by atoms with Gasteiger partial charge in [0.25, 0.3) is 5.69 Å². The smallest absolute Gasteiger partial charge is 0.328 e. The number of hydrazone groups is 1. The molecule has 1 aliphatic rings. The van der Waals surface area contributed by atoms with Gasteiger partial charge in [0.05, 0.1) is 11.1 Å². The minimum atomic E-state index is -0.895. The highest BCUT2D eigenvalue weighted by Crippen LogP contribution is 2.18. The normalized spacial score (nSPS) is 18.9. The van der Waals surface area contributed by atoms with Crippen LogP contribution < -0.4 is 0 Å². The summed E-state index contributed by atoms with van der Waals surface area (Å²) in [6, 6.07) is 5.44. The van der Waals surface area contributed by atoms with Crippen molar-refractivity contribution in [1.29, 1.82) is 0 Å². The van der Waals surface area contributed by atoms with E-state index in [2.05, 4.69) is 5.10 Å². The maximum atomic E-state index is 11.0. The van der Waals surface area contributed by atoms with Crippen LogP contribution in [0.25, 0.3) is 0 Å². The number of rotatable bonds is 4. The molecule has 7 nitrogen and oxygen atoms in total. The van der Waals surface area contributed by atoms with E-state index < -0.39 is 16.9 Å². The van der Waals surface area contributed by atoms with Gasteiger partial charge in [-0.05, 0) is 12.8 Å². The van der Waals surface area contributed by atoms with Gasteiger partial charge in [-0.1, -0.05) is 12.1 Å². The zero-order valence-electron chi connectivity index (χ0n) is 10.1. The Bertz CT molecular complexity index is 529. The summed E-state index contributed by atoms with van der Waals surface area (Å²) in [5.74, 6) is -0.895. The highest BCUT2D eigenvalue weighted by Gasteiger charge is 2.29. The lowest BCUT2D eigenvalue weighted by Crippen LogP contribution is -2.31. The van der Waals surface area contributed by atoms with E-state index in [1.807, 2.05) is 0 Å². The van der Waals surface area contributed by atoms with E-state index in [4.69, 9.17) is 5.11 Å². The molecule has 1 atom stereocenters. The quantitative estimate of drug-likeness (QED) is 0.504. The van der Waals surface area contributed by atoms with E-state index in [1.54, 1.807) is 12.1 Å². The molecular weight excluding hydrogens is 250 g/mol. The molecule has 7 heteroatoms. The van der Waals surface area contributed by atoms with Gasteiger partial charge in [-0.2, -0.15) is 5.10 Å². The molecule has 0 saturated carbocycles. The molecule has 1 aromatic carbocycles. The van der Waals surface area contributed by atoms with E-state index in [-0.39, 0.29) is 5.69 Å². The highest BCUT2D eigenvalue weighted by atomic mass is 16.6. The Kier molecular flexibility index (Phi) is 3.74. The number of nitro groups is 1. The lowest BCUT2D eigenvalue weighted by molar-refractivity contribution is -0.384. The topological polar surface area (TPSA) is 96.0 Å². The Hall–Kier alpha value is -2.44. The fraction of sp³-hybridized carbons (Fsp3) is 0.333. The van der Waals surface area contributed by atoms with Crippen molar-refractivity contribution in [3.63, 3.8) is 0 Å². The number of hydrogen-bond donors (Lipinski definition) is 1. The molecule has 1 N–H and O–H groups in total. The molecule has 0 amide bonds. The van der Waals surface area contributed by atoms with E-state index in [1.165, 1.54) is 23.4 Å². The maximum Gasteiger partial charge on any atom is 0.328 e. The molecule has 1 aliphatic heterocycles. The molecule has 100 valence electrons. The first kappa shape index (κ1) is 13.0. The number of hydrogen-bond acceptors (Lipinski definition) is 5. The van der Waals surface area contributed by atoms with Gasteiger partial charge in [0, 0.05) is 24.2 Å². The lowest BCUT2D eigenvalue weighted by atomic mass is 10.2. The molecule has 1 heterocycles. The van der Waals surface area contributed by atoms with Crippen LogP contribution >= 0.6 is 0 Å². The van der Waals surface area contributed by atoms with Gasteiger partial charge in [-0.3, -0.25) is 15.1 Å². The molecule has 1 unspecified atom stereocenters. The third-order valence-electron chi connectivity index (χ3n) is 2.95. The van der Waals surface area contributed by atoms with Crippen LogP contribution in [0.5, 0.6) is 0 Å². The molecule has 0 aliphatic carbocycles. The number of carboxylic acids is 1. The first-order valence-corrected chi connectivity index (χ1v) is 5.86. The lowest BCUT2D eigenvalue weighted by Gasteiger charge is -2.16. The van der Waals surface area contributed by atoms with Crippen LogP contribution in [0.2, 0.25) is 0 Å². The zero-order chi connectivity index (χ0) is 13.8. The number of nitrogens with zero attached hydrogens (tertiary/aromatic N) is 3. The van der Waals surface area contributed by atoms with Gasteiger partial charge in [-0.25, -0.2) is 4.79 Å². The first-order chi connectivity index (χ1) is 9.08. The number of benzene rings is 1. The average Bonchev–Trinajstić information content (AvgIpc) is 2.85. The average molecular weight is 263 g/mol. The Morgan fingerprint density at radius 3 is 3.05 bits per heavy atom. The Morgan fingerprint density at radius 1 is 1.58 bits per heavy atom. The van der Waals surface area contributed by atoms with Gasteiger partial charge in [-0.15, -0.1) is 0 Å². The van der Waals surface area contributed by atoms with Crippen LogP contribution in [-0.4, -0.2) is 39.8 Å². The molecule has 0 bridgehead atoms. The fourth-order valence-corrected chi connectivity index (χ4v) is 2.00.